The van der Waals surface area contributed by atoms with E-state index in [0.29, 0.717) is 17.9 Å². The van der Waals surface area contributed by atoms with Crippen molar-refractivity contribution in [3.8, 4) is 5.75 Å². The maximum Gasteiger partial charge on any atom is 0.319 e. The van der Waals surface area contributed by atoms with Crippen LogP contribution in [0.1, 0.15) is 21.9 Å². The Morgan fingerprint density at radius 2 is 2.03 bits per heavy atom. The number of ether oxygens (including phenoxy) is 1. The van der Waals surface area contributed by atoms with Crippen molar-refractivity contribution in [3.05, 3.63) is 70.8 Å². The number of carbonyl (C=O) groups is 4. The average molecular weight is 526 g/mol. The molecule has 0 bridgehead atoms. The van der Waals surface area contributed by atoms with Crippen molar-refractivity contribution in [1.29, 1.82) is 0 Å². The summed E-state index contributed by atoms with van der Waals surface area (Å²) in [7, 11) is 1.52. The molecule has 1 aliphatic heterocycles. The average Bonchev–Trinajstić information content (AvgIpc) is 3.65. The second-order valence-electron chi connectivity index (χ2n) is 8.39. The van der Waals surface area contributed by atoms with Gasteiger partial charge in [0, 0.05) is 29.6 Å². The third-order valence-electron chi connectivity index (χ3n) is 5.95. The van der Waals surface area contributed by atoms with Crippen LogP contribution in [0.2, 0.25) is 0 Å². The minimum absolute atomic E-state index is 0.0596. The Morgan fingerprint density at radius 1 is 1.19 bits per heavy atom. The van der Waals surface area contributed by atoms with Gasteiger partial charge in [0.2, 0.25) is 11.8 Å². The molecular weight excluding hydrogens is 498 g/mol. The highest BCUT2D eigenvalue weighted by Crippen LogP contribution is 2.23. The van der Waals surface area contributed by atoms with Crippen LogP contribution in [-0.4, -0.2) is 60.4 Å². The van der Waals surface area contributed by atoms with Crippen molar-refractivity contribution in [1.82, 2.24) is 15.5 Å². The predicted molar refractivity (Wildman–Crippen MR) is 136 cm³/mol. The minimum Gasteiger partial charge on any atom is -0.497 e. The smallest absolute Gasteiger partial charge is 0.319 e. The molecule has 0 spiro atoms. The monoisotopic (exact) mass is 525 g/mol. The largest absolute Gasteiger partial charge is 0.497 e. The lowest BCUT2D eigenvalue weighted by molar-refractivity contribution is -0.130. The molecule has 3 atom stereocenters. The van der Waals surface area contributed by atoms with E-state index in [0.717, 1.165) is 4.88 Å². The Morgan fingerprint density at radius 3 is 2.70 bits per heavy atom. The number of urea groups is 1. The van der Waals surface area contributed by atoms with Crippen molar-refractivity contribution in [2.45, 2.75) is 31.0 Å². The minimum atomic E-state index is -1.10. The van der Waals surface area contributed by atoms with Crippen molar-refractivity contribution < 1.29 is 28.3 Å². The van der Waals surface area contributed by atoms with Crippen molar-refractivity contribution in [2.75, 3.05) is 19.0 Å². The molecule has 4 rings (SSSR count). The molecule has 3 aromatic rings. The van der Waals surface area contributed by atoms with Gasteiger partial charge in [-0.25, -0.2) is 4.79 Å². The van der Waals surface area contributed by atoms with E-state index in [9.17, 15) is 19.2 Å². The third kappa shape index (κ3) is 6.28. The fourth-order valence-electron chi connectivity index (χ4n) is 4.18. The number of nitrogens with one attached hydrogen (secondary N) is 3. The Bertz CT molecular complexity index is 1250. The first-order valence-corrected chi connectivity index (χ1v) is 12.4. The van der Waals surface area contributed by atoms with Crippen LogP contribution in [-0.2, 0) is 16.0 Å². The summed E-state index contributed by atoms with van der Waals surface area (Å²) in [6.07, 6.45) is 1.88. The van der Waals surface area contributed by atoms with E-state index >= 15 is 0 Å². The van der Waals surface area contributed by atoms with Crippen LogP contribution in [0.4, 0.5) is 10.5 Å². The molecule has 1 aromatic carbocycles. The molecule has 0 saturated carbocycles. The molecule has 194 valence electrons. The molecule has 3 heterocycles. The fraction of sp³-hybridized carbons (Fsp3) is 0.280. The van der Waals surface area contributed by atoms with Gasteiger partial charge in [-0.1, -0.05) is 12.1 Å². The molecule has 0 aliphatic carbocycles. The Labute approximate surface area is 216 Å². The number of benzene rings is 1. The van der Waals surface area contributed by atoms with Crippen LogP contribution in [0.5, 0.6) is 5.75 Å². The van der Waals surface area contributed by atoms with Gasteiger partial charge in [-0.05, 0) is 42.1 Å². The van der Waals surface area contributed by atoms with Crippen molar-refractivity contribution >= 4 is 40.8 Å². The summed E-state index contributed by atoms with van der Waals surface area (Å²) < 4.78 is 10.4. The molecule has 0 unspecified atom stereocenters. The number of hydrogen-bond donors (Lipinski definition) is 4. The molecule has 1 fully saturated rings. The topological polar surface area (TPSA) is 156 Å². The molecule has 12 heteroatoms. The summed E-state index contributed by atoms with van der Waals surface area (Å²) in [5, 5.41) is 10.0. The Hall–Kier alpha value is -4.32. The molecule has 1 aliphatic rings. The third-order valence-corrected chi connectivity index (χ3v) is 6.85. The highest BCUT2D eigenvalue weighted by Gasteiger charge is 2.44. The number of primary amides is 1. The number of anilines is 1. The highest BCUT2D eigenvalue weighted by molar-refractivity contribution is 7.09. The number of hydrogen-bond acceptors (Lipinski definition) is 7. The van der Waals surface area contributed by atoms with Gasteiger partial charge in [-0.3, -0.25) is 14.4 Å². The number of rotatable bonds is 9. The molecule has 1 saturated heterocycles. The van der Waals surface area contributed by atoms with Gasteiger partial charge < -0.3 is 35.7 Å². The second kappa shape index (κ2) is 11.6. The van der Waals surface area contributed by atoms with Gasteiger partial charge in [-0.15, -0.1) is 11.3 Å². The summed E-state index contributed by atoms with van der Waals surface area (Å²) in [4.78, 5) is 53.7. The molecular formula is C25H27N5O6S. The fourth-order valence-corrected chi connectivity index (χ4v) is 4.94. The number of carbonyl (C=O) groups excluding carboxylic acids is 4. The van der Waals surface area contributed by atoms with E-state index in [1.165, 1.54) is 35.7 Å². The van der Waals surface area contributed by atoms with E-state index < -0.39 is 41.9 Å². The zero-order valence-corrected chi connectivity index (χ0v) is 20.8. The number of nitrogens with zero attached hydrogens (tertiary/aromatic N) is 1. The zero-order valence-electron chi connectivity index (χ0n) is 20.0. The SMILES string of the molecule is COc1cccc(NC(=O)N[C@H]2CCN(C(=O)c3ccco3)[C@H]2C(=O)N[C@@H](Cc2cccs2)C(N)=O)c1. The number of likely N-dealkylation sites (tertiary alicyclic amines) is 1. The number of methoxy groups -OCH3 is 1. The normalized spacial score (nSPS) is 17.6. The van der Waals surface area contributed by atoms with Gasteiger partial charge in [0.1, 0.15) is 17.8 Å². The van der Waals surface area contributed by atoms with Crippen LogP contribution in [0.25, 0.3) is 0 Å². The summed E-state index contributed by atoms with van der Waals surface area (Å²) in [6, 6.07) is 10.2. The molecule has 2 aromatic heterocycles. The van der Waals surface area contributed by atoms with Crippen LogP contribution < -0.4 is 26.4 Å². The summed E-state index contributed by atoms with van der Waals surface area (Å²) in [5.74, 6) is -1.19. The van der Waals surface area contributed by atoms with E-state index in [1.807, 2.05) is 17.5 Å². The lowest BCUT2D eigenvalue weighted by Crippen LogP contribution is -2.58. The van der Waals surface area contributed by atoms with Gasteiger partial charge in [0.15, 0.2) is 5.76 Å². The molecule has 5 N–H and O–H groups in total. The first-order chi connectivity index (χ1) is 17.9. The summed E-state index contributed by atoms with van der Waals surface area (Å²) in [5.41, 5.74) is 6.05. The molecule has 0 radical (unpaired) electrons. The number of furan rings is 1. The van der Waals surface area contributed by atoms with Crippen molar-refractivity contribution in [3.63, 3.8) is 0 Å². The Kier molecular flexibility index (Phi) is 8.08. The zero-order chi connectivity index (χ0) is 26.4. The molecule has 37 heavy (non-hydrogen) atoms. The second-order valence-corrected chi connectivity index (χ2v) is 9.43. The summed E-state index contributed by atoms with van der Waals surface area (Å²) >= 11 is 1.43. The lowest BCUT2D eigenvalue weighted by atomic mass is 10.1. The maximum absolute atomic E-state index is 13.5. The van der Waals surface area contributed by atoms with Crippen LogP contribution in [0.3, 0.4) is 0 Å². The number of amides is 5. The van der Waals surface area contributed by atoms with E-state index in [-0.39, 0.29) is 18.7 Å². The number of thiophene rings is 1. The van der Waals surface area contributed by atoms with E-state index in [1.54, 1.807) is 30.3 Å². The van der Waals surface area contributed by atoms with E-state index in [4.69, 9.17) is 14.9 Å². The molecule has 5 amide bonds. The predicted octanol–water partition coefficient (Wildman–Crippen LogP) is 1.97. The van der Waals surface area contributed by atoms with Crippen molar-refractivity contribution in [2.24, 2.45) is 5.73 Å². The Balaban J connectivity index is 1.52. The first-order valence-electron chi connectivity index (χ1n) is 11.5. The van der Waals surface area contributed by atoms with Gasteiger partial charge >= 0.3 is 6.03 Å². The maximum atomic E-state index is 13.5. The summed E-state index contributed by atoms with van der Waals surface area (Å²) in [6.45, 7) is 0.188. The first kappa shape index (κ1) is 25.8. The standard InChI is InChI=1S/C25H27N5O6S/c1-35-16-6-2-5-15(13-16)27-25(34)29-18-9-10-30(24(33)20-8-3-11-36-20)21(18)23(32)28-19(22(26)31)14-17-7-4-12-37-17/h2-8,11-13,18-19,21H,9-10,14H2,1H3,(H2,26,31)(H,28,32)(H2,27,29,34)/t18-,19-,21+/m0/s1. The van der Waals surface area contributed by atoms with Crippen LogP contribution in [0.15, 0.2) is 64.6 Å². The van der Waals surface area contributed by atoms with Gasteiger partial charge in [0.05, 0.1) is 19.4 Å². The number of nitrogens with two attached hydrogens (primary N) is 1. The van der Waals surface area contributed by atoms with Gasteiger partial charge in [0.25, 0.3) is 5.91 Å². The van der Waals surface area contributed by atoms with Crippen LogP contribution in [0, 0.1) is 0 Å². The van der Waals surface area contributed by atoms with Gasteiger partial charge in [-0.2, -0.15) is 0 Å². The van der Waals surface area contributed by atoms with E-state index in [2.05, 4.69) is 16.0 Å². The highest BCUT2D eigenvalue weighted by atomic mass is 32.1. The van der Waals surface area contributed by atoms with Crippen LogP contribution >= 0.6 is 11.3 Å². The lowest BCUT2D eigenvalue weighted by Gasteiger charge is -2.28. The quantitative estimate of drug-likeness (QED) is 0.335. The molecule has 11 nitrogen and oxygen atoms in total.